The number of carbonyl (C=O) groups is 2. The molecule has 0 radical (unpaired) electrons. The Hall–Kier alpha value is -1.14. The van der Waals surface area contributed by atoms with E-state index >= 15 is 0 Å². The highest BCUT2D eigenvalue weighted by atomic mass is 16.5. The van der Waals surface area contributed by atoms with Crippen LogP contribution in [0.1, 0.15) is 32.6 Å². The van der Waals surface area contributed by atoms with Gasteiger partial charge in [0.25, 0.3) is 0 Å². The van der Waals surface area contributed by atoms with Gasteiger partial charge in [-0.25, -0.2) is 0 Å². The van der Waals surface area contributed by atoms with E-state index in [1.807, 2.05) is 0 Å². The number of rotatable bonds is 8. The van der Waals surface area contributed by atoms with Gasteiger partial charge in [0.15, 0.2) is 0 Å². The van der Waals surface area contributed by atoms with Crippen molar-refractivity contribution in [2.45, 2.75) is 50.7 Å². The molecule has 0 heterocycles. The Kier molecular flexibility index (Phi) is 6.07. The Labute approximate surface area is 108 Å². The summed E-state index contributed by atoms with van der Waals surface area (Å²) in [5.74, 6) is -0.431. The summed E-state index contributed by atoms with van der Waals surface area (Å²) in [5.41, 5.74) is 5.72. The van der Waals surface area contributed by atoms with E-state index in [9.17, 15) is 9.59 Å². The van der Waals surface area contributed by atoms with Gasteiger partial charge in [-0.1, -0.05) is 0 Å². The summed E-state index contributed by atoms with van der Waals surface area (Å²) >= 11 is 0. The molecule has 0 bridgehead atoms. The summed E-state index contributed by atoms with van der Waals surface area (Å²) in [6.45, 7) is 2.25. The van der Waals surface area contributed by atoms with Crippen LogP contribution in [-0.2, 0) is 14.3 Å². The molecule has 0 aromatic heterocycles. The van der Waals surface area contributed by atoms with E-state index in [1.165, 1.54) is 0 Å². The predicted molar refractivity (Wildman–Crippen MR) is 67.9 cm³/mol. The molecule has 1 fully saturated rings. The molecule has 1 aliphatic rings. The molecule has 0 aliphatic heterocycles. The Morgan fingerprint density at radius 3 is 2.61 bits per heavy atom. The second-order valence-electron chi connectivity index (χ2n) is 4.75. The standard InChI is InChI=1S/C12H23N3O3/c1-8(11(16)15-9-5-6-9)14-12(17)10(13)4-3-7-18-2/h8-10H,3-7,13H2,1-2H3,(H,14,17)(H,15,16). The maximum absolute atomic E-state index is 11.7. The van der Waals surface area contributed by atoms with Crippen molar-refractivity contribution < 1.29 is 14.3 Å². The van der Waals surface area contributed by atoms with Gasteiger partial charge < -0.3 is 21.1 Å². The van der Waals surface area contributed by atoms with Crippen molar-refractivity contribution in [1.82, 2.24) is 10.6 Å². The van der Waals surface area contributed by atoms with E-state index in [0.29, 0.717) is 19.1 Å². The third-order valence-electron chi connectivity index (χ3n) is 2.88. The Morgan fingerprint density at radius 2 is 2.06 bits per heavy atom. The zero-order valence-corrected chi connectivity index (χ0v) is 11.1. The highest BCUT2D eigenvalue weighted by molar-refractivity contribution is 5.89. The van der Waals surface area contributed by atoms with Gasteiger partial charge in [-0.2, -0.15) is 0 Å². The third-order valence-corrected chi connectivity index (χ3v) is 2.88. The van der Waals surface area contributed by atoms with E-state index in [1.54, 1.807) is 14.0 Å². The molecular weight excluding hydrogens is 234 g/mol. The first-order valence-corrected chi connectivity index (χ1v) is 6.40. The molecule has 6 heteroatoms. The first-order chi connectivity index (χ1) is 8.54. The number of ether oxygens (including phenoxy) is 1. The van der Waals surface area contributed by atoms with Crippen LogP contribution in [0, 0.1) is 0 Å². The van der Waals surface area contributed by atoms with E-state index < -0.39 is 12.1 Å². The van der Waals surface area contributed by atoms with Crippen LogP contribution >= 0.6 is 0 Å². The van der Waals surface area contributed by atoms with Crippen LogP contribution in [0.25, 0.3) is 0 Å². The van der Waals surface area contributed by atoms with Gasteiger partial charge in [0, 0.05) is 19.8 Å². The van der Waals surface area contributed by atoms with Gasteiger partial charge in [0.05, 0.1) is 6.04 Å². The lowest BCUT2D eigenvalue weighted by molar-refractivity contribution is -0.129. The van der Waals surface area contributed by atoms with Gasteiger partial charge >= 0.3 is 0 Å². The number of hydrogen-bond acceptors (Lipinski definition) is 4. The molecule has 1 rings (SSSR count). The number of nitrogens with two attached hydrogens (primary N) is 1. The average molecular weight is 257 g/mol. The Bertz CT molecular complexity index is 292. The van der Waals surface area contributed by atoms with E-state index in [2.05, 4.69) is 10.6 Å². The zero-order valence-electron chi connectivity index (χ0n) is 11.1. The van der Waals surface area contributed by atoms with Crippen molar-refractivity contribution in [2.75, 3.05) is 13.7 Å². The largest absolute Gasteiger partial charge is 0.385 e. The second-order valence-corrected chi connectivity index (χ2v) is 4.75. The van der Waals surface area contributed by atoms with Gasteiger partial charge in [-0.15, -0.1) is 0 Å². The fourth-order valence-corrected chi connectivity index (χ4v) is 1.52. The molecule has 1 saturated carbocycles. The normalized spacial score (nSPS) is 17.9. The lowest BCUT2D eigenvalue weighted by Crippen LogP contribution is -2.50. The molecule has 1 aliphatic carbocycles. The molecule has 104 valence electrons. The molecule has 6 nitrogen and oxygen atoms in total. The summed E-state index contributed by atoms with van der Waals surface area (Å²) in [5, 5.41) is 5.46. The number of nitrogens with one attached hydrogen (secondary N) is 2. The predicted octanol–water partition coefficient (Wildman–Crippen LogP) is -0.476. The first-order valence-electron chi connectivity index (χ1n) is 6.40. The smallest absolute Gasteiger partial charge is 0.242 e. The molecule has 2 unspecified atom stereocenters. The van der Waals surface area contributed by atoms with Crippen molar-refractivity contribution in [3.05, 3.63) is 0 Å². The number of hydrogen-bond donors (Lipinski definition) is 3. The molecule has 18 heavy (non-hydrogen) atoms. The highest BCUT2D eigenvalue weighted by Crippen LogP contribution is 2.18. The average Bonchev–Trinajstić information content (AvgIpc) is 3.12. The maximum atomic E-state index is 11.7. The molecule has 0 aromatic rings. The summed E-state index contributed by atoms with van der Waals surface area (Å²) in [7, 11) is 1.61. The van der Waals surface area contributed by atoms with Crippen LogP contribution in [0.15, 0.2) is 0 Å². The topological polar surface area (TPSA) is 93.4 Å². The number of methoxy groups -OCH3 is 1. The molecule has 0 spiro atoms. The first kappa shape index (κ1) is 14.9. The molecule has 2 amide bonds. The quantitative estimate of drug-likeness (QED) is 0.512. The lowest BCUT2D eigenvalue weighted by atomic mass is 10.1. The SMILES string of the molecule is COCCCC(N)C(=O)NC(C)C(=O)NC1CC1. The van der Waals surface area contributed by atoms with Crippen LogP contribution in [0.3, 0.4) is 0 Å². The van der Waals surface area contributed by atoms with Gasteiger partial charge in [-0.3, -0.25) is 9.59 Å². The van der Waals surface area contributed by atoms with Crippen molar-refractivity contribution >= 4 is 11.8 Å². The fourth-order valence-electron chi connectivity index (χ4n) is 1.52. The minimum Gasteiger partial charge on any atom is -0.385 e. The van der Waals surface area contributed by atoms with E-state index in [0.717, 1.165) is 19.3 Å². The molecule has 0 aromatic carbocycles. The van der Waals surface area contributed by atoms with E-state index in [-0.39, 0.29) is 11.8 Å². The van der Waals surface area contributed by atoms with Crippen molar-refractivity contribution in [3.63, 3.8) is 0 Å². The van der Waals surface area contributed by atoms with Crippen molar-refractivity contribution in [1.29, 1.82) is 0 Å². The highest BCUT2D eigenvalue weighted by Gasteiger charge is 2.26. The van der Waals surface area contributed by atoms with Crippen LogP contribution in [0.4, 0.5) is 0 Å². The minimum absolute atomic E-state index is 0.144. The lowest BCUT2D eigenvalue weighted by Gasteiger charge is -2.17. The molecular formula is C12H23N3O3. The number of amides is 2. The van der Waals surface area contributed by atoms with Crippen molar-refractivity contribution in [3.8, 4) is 0 Å². The van der Waals surface area contributed by atoms with Crippen LogP contribution in [0.2, 0.25) is 0 Å². The van der Waals surface area contributed by atoms with Gasteiger partial charge in [-0.05, 0) is 32.6 Å². The van der Waals surface area contributed by atoms with Crippen LogP contribution in [-0.4, -0.2) is 43.7 Å². The second kappa shape index (κ2) is 7.33. The summed E-state index contributed by atoms with van der Waals surface area (Å²) < 4.78 is 4.89. The summed E-state index contributed by atoms with van der Waals surface area (Å²) in [6.07, 6.45) is 3.34. The zero-order chi connectivity index (χ0) is 13.5. The number of carbonyl (C=O) groups excluding carboxylic acids is 2. The molecule has 0 saturated heterocycles. The Morgan fingerprint density at radius 1 is 1.39 bits per heavy atom. The van der Waals surface area contributed by atoms with Crippen LogP contribution in [0.5, 0.6) is 0 Å². The molecule has 4 N–H and O–H groups in total. The van der Waals surface area contributed by atoms with Crippen molar-refractivity contribution in [2.24, 2.45) is 5.73 Å². The maximum Gasteiger partial charge on any atom is 0.242 e. The monoisotopic (exact) mass is 257 g/mol. The minimum atomic E-state index is -0.587. The molecule has 2 atom stereocenters. The summed E-state index contributed by atoms with van der Waals surface area (Å²) in [6, 6.07) is -0.824. The van der Waals surface area contributed by atoms with Crippen LogP contribution < -0.4 is 16.4 Å². The third kappa shape index (κ3) is 5.46. The Balaban J connectivity index is 2.21. The van der Waals surface area contributed by atoms with Gasteiger partial charge in [0.2, 0.25) is 11.8 Å². The fraction of sp³-hybridized carbons (Fsp3) is 0.833. The van der Waals surface area contributed by atoms with E-state index in [4.69, 9.17) is 10.5 Å². The summed E-state index contributed by atoms with van der Waals surface area (Å²) in [4.78, 5) is 23.3. The van der Waals surface area contributed by atoms with Gasteiger partial charge in [0.1, 0.15) is 6.04 Å².